The first kappa shape index (κ1) is 16.3. The maximum atomic E-state index is 11.5. The number of rotatable bonds is 5. The molecule has 0 amide bonds. The van der Waals surface area contributed by atoms with Gasteiger partial charge >= 0.3 is 5.97 Å². The van der Waals surface area contributed by atoms with Crippen molar-refractivity contribution in [1.82, 2.24) is 4.98 Å². The van der Waals surface area contributed by atoms with Crippen molar-refractivity contribution in [1.29, 1.82) is 0 Å². The summed E-state index contributed by atoms with van der Waals surface area (Å²) in [6.45, 7) is 2.52. The molecule has 4 nitrogen and oxygen atoms in total. The van der Waals surface area contributed by atoms with Crippen LogP contribution in [0.2, 0.25) is 0 Å². The van der Waals surface area contributed by atoms with Crippen LogP contribution < -0.4 is 0 Å². The maximum Gasteiger partial charge on any atom is 0.306 e. The lowest BCUT2D eigenvalue weighted by Crippen LogP contribution is -2.37. The Bertz CT molecular complexity index is 765. The molecule has 0 radical (unpaired) electrons. The van der Waals surface area contributed by atoms with Crippen LogP contribution in [0.25, 0.3) is 10.9 Å². The number of hydrogen-bond acceptors (Lipinski definition) is 2. The number of halogens is 1. The van der Waals surface area contributed by atoms with Crippen molar-refractivity contribution < 1.29 is 14.6 Å². The lowest BCUT2D eigenvalue weighted by atomic mass is 9.84. The number of carboxylic acid groups (broad SMARTS) is 1. The highest BCUT2D eigenvalue weighted by Gasteiger charge is 2.41. The summed E-state index contributed by atoms with van der Waals surface area (Å²) >= 11 is 3.62. The molecule has 1 aromatic heterocycles. The van der Waals surface area contributed by atoms with E-state index in [-0.39, 0.29) is 6.42 Å². The number of H-pyrrole nitrogens is 1. The molecule has 1 aromatic carbocycles. The molecule has 0 bridgehead atoms. The molecule has 1 aliphatic heterocycles. The van der Waals surface area contributed by atoms with E-state index in [1.165, 1.54) is 5.56 Å². The van der Waals surface area contributed by atoms with Gasteiger partial charge in [-0.15, -0.1) is 0 Å². The lowest BCUT2D eigenvalue weighted by molar-refractivity contribution is -0.149. The van der Waals surface area contributed by atoms with Gasteiger partial charge in [-0.1, -0.05) is 34.1 Å². The highest BCUT2D eigenvalue weighted by Crippen LogP contribution is 2.43. The van der Waals surface area contributed by atoms with E-state index in [1.807, 2.05) is 31.2 Å². The zero-order valence-electron chi connectivity index (χ0n) is 13.1. The molecule has 0 spiro atoms. The standard InChI is InChI=1S/C18H20BrNO3/c1-2-3-4-9-18(11-15(21)22)17-12(8-10-23-18)16-13(19)6-5-7-14(16)20-17/h2-3,5-7,20H,4,8-11H2,1H3,(H,21,22)/b3-2+. The highest BCUT2D eigenvalue weighted by molar-refractivity contribution is 9.10. The third-order valence-corrected chi connectivity index (χ3v) is 5.11. The second kappa shape index (κ2) is 6.49. The van der Waals surface area contributed by atoms with Crippen molar-refractivity contribution >= 4 is 32.8 Å². The number of carboxylic acids is 1. The van der Waals surface area contributed by atoms with Crippen molar-refractivity contribution in [3.05, 3.63) is 46.1 Å². The van der Waals surface area contributed by atoms with E-state index in [0.29, 0.717) is 13.0 Å². The van der Waals surface area contributed by atoms with Crippen LogP contribution in [-0.2, 0) is 21.6 Å². The SMILES string of the molecule is C/C=C/CCC1(CC(=O)O)OCCc2c1[nH]c1cccc(Br)c21. The van der Waals surface area contributed by atoms with Gasteiger partial charge in [0.1, 0.15) is 5.60 Å². The zero-order valence-corrected chi connectivity index (χ0v) is 14.6. The first-order chi connectivity index (χ1) is 11.1. The molecular weight excluding hydrogens is 358 g/mol. The van der Waals surface area contributed by atoms with Crippen LogP contribution in [0.1, 0.15) is 37.4 Å². The fourth-order valence-electron chi connectivity index (χ4n) is 3.48. The Balaban J connectivity index is 2.14. The molecule has 5 heteroatoms. The number of nitrogens with one attached hydrogen (secondary N) is 1. The number of ether oxygens (including phenoxy) is 1. The van der Waals surface area contributed by atoms with Gasteiger partial charge in [0.2, 0.25) is 0 Å². The van der Waals surface area contributed by atoms with Crippen LogP contribution in [-0.4, -0.2) is 22.7 Å². The number of aliphatic carboxylic acids is 1. The zero-order chi connectivity index (χ0) is 16.4. The van der Waals surface area contributed by atoms with Gasteiger partial charge in [-0.3, -0.25) is 4.79 Å². The van der Waals surface area contributed by atoms with Crippen molar-refractivity contribution in [2.24, 2.45) is 0 Å². The van der Waals surface area contributed by atoms with E-state index < -0.39 is 11.6 Å². The quantitative estimate of drug-likeness (QED) is 0.752. The van der Waals surface area contributed by atoms with Crippen LogP contribution in [0.5, 0.6) is 0 Å². The molecule has 122 valence electrons. The Morgan fingerprint density at radius 1 is 1.52 bits per heavy atom. The predicted octanol–water partition coefficient (Wildman–Crippen LogP) is 4.53. The van der Waals surface area contributed by atoms with Crippen LogP contribution in [0.15, 0.2) is 34.8 Å². The molecule has 1 aliphatic rings. The Morgan fingerprint density at radius 2 is 2.35 bits per heavy atom. The number of aromatic nitrogens is 1. The van der Waals surface area contributed by atoms with Gasteiger partial charge in [0.25, 0.3) is 0 Å². The summed E-state index contributed by atoms with van der Waals surface area (Å²) < 4.78 is 7.09. The number of fused-ring (bicyclic) bond motifs is 3. The molecule has 1 atom stereocenters. The van der Waals surface area contributed by atoms with Crippen molar-refractivity contribution in [3.63, 3.8) is 0 Å². The van der Waals surface area contributed by atoms with Crippen molar-refractivity contribution in [2.75, 3.05) is 6.61 Å². The van der Waals surface area contributed by atoms with E-state index in [2.05, 4.69) is 27.0 Å². The minimum Gasteiger partial charge on any atom is -0.481 e. The van der Waals surface area contributed by atoms with E-state index in [0.717, 1.165) is 33.9 Å². The predicted molar refractivity (Wildman–Crippen MR) is 93.6 cm³/mol. The van der Waals surface area contributed by atoms with Gasteiger partial charge in [-0.25, -0.2) is 0 Å². The third kappa shape index (κ3) is 2.95. The molecule has 23 heavy (non-hydrogen) atoms. The largest absolute Gasteiger partial charge is 0.481 e. The molecule has 0 fully saturated rings. The first-order valence-corrected chi connectivity index (χ1v) is 8.63. The van der Waals surface area contributed by atoms with E-state index >= 15 is 0 Å². The minimum absolute atomic E-state index is 0.0258. The second-order valence-electron chi connectivity index (χ2n) is 5.91. The van der Waals surface area contributed by atoms with Crippen LogP contribution >= 0.6 is 15.9 Å². The van der Waals surface area contributed by atoms with Gasteiger partial charge in [-0.2, -0.15) is 0 Å². The second-order valence-corrected chi connectivity index (χ2v) is 6.77. The smallest absolute Gasteiger partial charge is 0.306 e. The number of benzene rings is 1. The summed E-state index contributed by atoms with van der Waals surface area (Å²) in [4.78, 5) is 14.9. The van der Waals surface area contributed by atoms with Gasteiger partial charge in [-0.05, 0) is 43.9 Å². The van der Waals surface area contributed by atoms with Crippen LogP contribution in [0.4, 0.5) is 0 Å². The van der Waals surface area contributed by atoms with Crippen LogP contribution in [0, 0.1) is 0 Å². The molecule has 2 heterocycles. The minimum atomic E-state index is -0.837. The summed E-state index contributed by atoms with van der Waals surface area (Å²) in [6, 6.07) is 6.02. The Hall–Kier alpha value is -1.59. The van der Waals surface area contributed by atoms with Gasteiger partial charge < -0.3 is 14.8 Å². The summed E-state index contributed by atoms with van der Waals surface area (Å²) in [6.07, 6.45) is 6.26. The Labute approximate surface area is 143 Å². The molecule has 2 aromatic rings. The van der Waals surface area contributed by atoms with Gasteiger partial charge in [0.05, 0.1) is 18.7 Å². The van der Waals surface area contributed by atoms with E-state index in [4.69, 9.17) is 4.74 Å². The Kier molecular flexibility index (Phi) is 4.60. The van der Waals surface area contributed by atoms with E-state index in [9.17, 15) is 9.90 Å². The monoisotopic (exact) mass is 377 g/mol. The average molecular weight is 378 g/mol. The molecule has 0 saturated carbocycles. The molecule has 0 saturated heterocycles. The number of aromatic amines is 1. The first-order valence-electron chi connectivity index (χ1n) is 7.84. The Morgan fingerprint density at radius 3 is 3.09 bits per heavy atom. The fraction of sp³-hybridized carbons (Fsp3) is 0.389. The third-order valence-electron chi connectivity index (χ3n) is 4.45. The van der Waals surface area contributed by atoms with E-state index in [1.54, 1.807) is 0 Å². The molecule has 1 unspecified atom stereocenters. The van der Waals surface area contributed by atoms with Gasteiger partial charge in [0, 0.05) is 15.4 Å². The molecule has 0 aliphatic carbocycles. The maximum absolute atomic E-state index is 11.5. The van der Waals surface area contributed by atoms with Crippen molar-refractivity contribution in [2.45, 2.75) is 38.2 Å². The molecular formula is C18H20BrNO3. The summed E-state index contributed by atoms with van der Waals surface area (Å²) in [5.74, 6) is -0.837. The van der Waals surface area contributed by atoms with Gasteiger partial charge in [0.15, 0.2) is 0 Å². The fourth-order valence-corrected chi connectivity index (χ4v) is 4.09. The van der Waals surface area contributed by atoms with Crippen LogP contribution in [0.3, 0.4) is 0 Å². The number of carbonyl (C=O) groups is 1. The lowest BCUT2D eigenvalue weighted by Gasteiger charge is -2.36. The topological polar surface area (TPSA) is 62.3 Å². The summed E-state index contributed by atoms with van der Waals surface area (Å²) in [5, 5.41) is 10.6. The van der Waals surface area contributed by atoms with Crippen molar-refractivity contribution in [3.8, 4) is 0 Å². The number of allylic oxidation sites excluding steroid dienone is 2. The highest BCUT2D eigenvalue weighted by atomic mass is 79.9. The molecule has 2 N–H and O–H groups in total. The number of hydrogen-bond donors (Lipinski definition) is 2. The summed E-state index contributed by atoms with van der Waals surface area (Å²) in [5.41, 5.74) is 2.35. The molecule has 3 rings (SSSR count). The average Bonchev–Trinajstić information content (AvgIpc) is 2.88. The normalized spacial score (nSPS) is 21.0. The summed E-state index contributed by atoms with van der Waals surface area (Å²) in [7, 11) is 0.